The van der Waals surface area contributed by atoms with Crippen molar-refractivity contribution in [1.82, 2.24) is 0 Å². The molecule has 0 atom stereocenters. The molecule has 0 N–H and O–H groups in total. The third-order valence-electron chi connectivity index (χ3n) is 14.6. The van der Waals surface area contributed by atoms with Crippen LogP contribution in [-0.2, 0) is 0 Å². The quantitative estimate of drug-likeness (QED) is 0.155. The van der Waals surface area contributed by atoms with Crippen molar-refractivity contribution >= 4 is 142 Å². The van der Waals surface area contributed by atoms with Crippen molar-refractivity contribution in [2.75, 3.05) is 9.80 Å². The number of rotatable bonds is 6. The zero-order valence-electron chi connectivity index (χ0n) is 38.8. The summed E-state index contributed by atoms with van der Waals surface area (Å²) >= 11 is 3.73. The van der Waals surface area contributed by atoms with Gasteiger partial charge in [-0.3, -0.25) is 0 Å². The lowest BCUT2D eigenvalue weighted by molar-refractivity contribution is 0.465. The van der Waals surface area contributed by atoms with Gasteiger partial charge < -0.3 is 19.3 Å². The molecule has 334 valence electrons. The second-order valence-corrected chi connectivity index (χ2v) is 21.1. The van der Waals surface area contributed by atoms with Crippen molar-refractivity contribution in [3.63, 3.8) is 0 Å². The van der Waals surface area contributed by atoms with E-state index >= 15 is 0 Å². The summed E-state index contributed by atoms with van der Waals surface area (Å²) in [5.74, 6) is 3.47. The number of ether oxygens (including phenoxy) is 2. The Kier molecular flexibility index (Phi) is 8.89. The van der Waals surface area contributed by atoms with E-state index in [2.05, 4.69) is 236 Å². The monoisotopic (exact) mass is 944 g/mol. The van der Waals surface area contributed by atoms with Gasteiger partial charge in [-0.1, -0.05) is 126 Å². The van der Waals surface area contributed by atoms with E-state index in [-0.39, 0.29) is 6.71 Å². The van der Waals surface area contributed by atoms with Crippen molar-refractivity contribution in [3.8, 4) is 23.0 Å². The predicted octanol–water partition coefficient (Wildman–Crippen LogP) is 17.0. The molecule has 0 fully saturated rings. The van der Waals surface area contributed by atoms with Crippen molar-refractivity contribution in [1.29, 1.82) is 0 Å². The Morgan fingerprint density at radius 3 is 1.17 bits per heavy atom. The normalized spacial score (nSPS) is 12.6. The number of para-hydroxylation sites is 2. The maximum Gasteiger partial charge on any atom is 0.260 e. The first-order chi connectivity index (χ1) is 35.0. The molecule has 0 bridgehead atoms. The van der Waals surface area contributed by atoms with E-state index in [9.17, 15) is 0 Å². The fourth-order valence-electron chi connectivity index (χ4n) is 11.4. The number of hydrogen-bond donors (Lipinski definition) is 0. The van der Waals surface area contributed by atoms with E-state index in [1.165, 1.54) is 73.0 Å². The predicted molar refractivity (Wildman–Crippen MR) is 304 cm³/mol. The largest absolute Gasteiger partial charge is 0.458 e. The van der Waals surface area contributed by atoms with Crippen molar-refractivity contribution in [2.24, 2.45) is 0 Å². The third-order valence-corrected chi connectivity index (χ3v) is 16.8. The van der Waals surface area contributed by atoms with Gasteiger partial charge in [0.25, 0.3) is 6.71 Å². The van der Waals surface area contributed by atoms with E-state index in [0.29, 0.717) is 0 Å². The molecule has 4 heterocycles. The summed E-state index contributed by atoms with van der Waals surface area (Å²) in [6.07, 6.45) is 0. The van der Waals surface area contributed by atoms with E-state index in [0.717, 1.165) is 73.5 Å². The van der Waals surface area contributed by atoms with Gasteiger partial charge >= 0.3 is 0 Å². The molecule has 71 heavy (non-hydrogen) atoms. The van der Waals surface area contributed by atoms with Gasteiger partial charge in [0.1, 0.15) is 23.0 Å². The van der Waals surface area contributed by atoms with E-state index in [1.807, 2.05) is 22.7 Å². The van der Waals surface area contributed by atoms with Crippen molar-refractivity contribution in [2.45, 2.75) is 13.8 Å². The van der Waals surface area contributed by atoms with Crippen molar-refractivity contribution in [3.05, 3.63) is 223 Å². The lowest BCUT2D eigenvalue weighted by atomic mass is 9.35. The first-order valence-electron chi connectivity index (χ1n) is 24.2. The zero-order chi connectivity index (χ0) is 46.9. The molecule has 7 heteroatoms. The molecule has 2 aromatic heterocycles. The van der Waals surface area contributed by atoms with E-state index in [1.54, 1.807) is 0 Å². The number of hydrogen-bond acceptors (Lipinski definition) is 6. The summed E-state index contributed by atoms with van der Waals surface area (Å²) in [6, 6.07) is 77.4. The van der Waals surface area contributed by atoms with Gasteiger partial charge in [0.05, 0.1) is 11.4 Å². The molecule has 0 radical (unpaired) electrons. The topological polar surface area (TPSA) is 24.9 Å². The Bertz CT molecular complexity index is 4050. The standard InChI is InChI=1S/C64H41BN2O2S2/c1-38-24-28-42(29-25-38)66(40-14-5-3-6-15-40)52-36-60-62(46-20-11-9-18-44(46)52)48-32-56-50(34-58(48)70-60)65-51-35-59-49(33-57(51)69-55-23-13-22-54(68-56)64(55)65)63-47-21-12-10-19-45(47)53(37-61(63)71-59)67(41-16-7-4-8-17-41)43-30-26-39(2)27-31-43/h3-37H,1-2H3. The lowest BCUT2D eigenvalue weighted by Gasteiger charge is -2.33. The maximum absolute atomic E-state index is 6.98. The summed E-state index contributed by atoms with van der Waals surface area (Å²) in [4.78, 5) is 4.80. The van der Waals surface area contributed by atoms with E-state index < -0.39 is 0 Å². The van der Waals surface area contributed by atoms with Crippen LogP contribution < -0.4 is 35.7 Å². The summed E-state index contributed by atoms with van der Waals surface area (Å²) in [7, 11) is 0. The van der Waals surface area contributed by atoms with Crippen LogP contribution in [0.2, 0.25) is 0 Å². The van der Waals surface area contributed by atoms with Gasteiger partial charge in [-0.05, 0) is 133 Å². The Labute approximate surface area is 418 Å². The highest BCUT2D eigenvalue weighted by molar-refractivity contribution is 7.26. The van der Waals surface area contributed by atoms with E-state index in [4.69, 9.17) is 9.47 Å². The Morgan fingerprint density at radius 1 is 0.338 bits per heavy atom. The average Bonchev–Trinajstić information content (AvgIpc) is 3.96. The molecule has 0 unspecified atom stereocenters. The SMILES string of the molecule is Cc1ccc(N(c2ccccc2)c2cc3sc4cc5c(cc4c3c3ccccc23)Oc2cccc3c2B5c2cc4sc5cc(N(c6ccccc6)c6ccc(C)cc6)c6ccccc6c5c4cc2O3)cc1. The minimum Gasteiger partial charge on any atom is -0.458 e. The molecule has 15 rings (SSSR count). The van der Waals surface area contributed by atoms with Crippen LogP contribution >= 0.6 is 22.7 Å². The van der Waals surface area contributed by atoms with Crippen LogP contribution in [0.1, 0.15) is 11.1 Å². The second kappa shape index (κ2) is 15.6. The minimum absolute atomic E-state index is 0.0808. The smallest absolute Gasteiger partial charge is 0.260 e. The van der Waals surface area contributed by atoms with Crippen LogP contribution in [0.5, 0.6) is 23.0 Å². The van der Waals surface area contributed by atoms with Crippen LogP contribution in [0.15, 0.2) is 212 Å². The molecular formula is C64H41BN2O2S2. The molecule has 2 aliphatic heterocycles. The fourth-order valence-corrected chi connectivity index (χ4v) is 13.8. The van der Waals surface area contributed by atoms with Crippen molar-refractivity contribution < 1.29 is 9.47 Å². The number of aryl methyl sites for hydroxylation is 2. The number of nitrogens with zero attached hydrogens (tertiary/aromatic N) is 2. The van der Waals surface area contributed by atoms with Crippen LogP contribution in [0.4, 0.5) is 34.1 Å². The second-order valence-electron chi connectivity index (χ2n) is 18.9. The zero-order valence-corrected chi connectivity index (χ0v) is 40.4. The lowest BCUT2D eigenvalue weighted by Crippen LogP contribution is -2.57. The molecule has 2 aliphatic rings. The van der Waals surface area contributed by atoms with Crippen LogP contribution in [-0.4, -0.2) is 6.71 Å². The summed E-state index contributed by atoms with van der Waals surface area (Å²) in [5, 5.41) is 9.77. The molecule has 11 aromatic carbocycles. The summed E-state index contributed by atoms with van der Waals surface area (Å²) < 4.78 is 18.9. The number of anilines is 6. The third kappa shape index (κ3) is 6.23. The van der Waals surface area contributed by atoms with Gasteiger partial charge in [-0.2, -0.15) is 0 Å². The van der Waals surface area contributed by atoms with Crippen LogP contribution in [0.25, 0.3) is 61.9 Å². The Hall–Kier alpha value is -8.36. The van der Waals surface area contributed by atoms with Gasteiger partial charge in [0.15, 0.2) is 0 Å². The molecule has 0 saturated heterocycles. The highest BCUT2D eigenvalue weighted by Crippen LogP contribution is 2.50. The highest BCUT2D eigenvalue weighted by Gasteiger charge is 2.41. The Balaban J connectivity index is 0.925. The first-order valence-corrected chi connectivity index (χ1v) is 25.8. The molecule has 0 spiro atoms. The first kappa shape index (κ1) is 40.5. The molecule has 13 aromatic rings. The van der Waals surface area contributed by atoms with Gasteiger partial charge in [0.2, 0.25) is 0 Å². The summed E-state index contributed by atoms with van der Waals surface area (Å²) in [6.45, 7) is 4.21. The van der Waals surface area contributed by atoms with Crippen LogP contribution in [0.3, 0.4) is 0 Å². The Morgan fingerprint density at radius 2 is 0.732 bits per heavy atom. The highest BCUT2D eigenvalue weighted by atomic mass is 32.1. The maximum atomic E-state index is 6.98. The molecule has 0 amide bonds. The van der Waals surface area contributed by atoms with Gasteiger partial charge in [-0.15, -0.1) is 22.7 Å². The molecular weight excluding hydrogens is 904 g/mol. The molecule has 4 nitrogen and oxygen atoms in total. The molecule has 0 aliphatic carbocycles. The minimum atomic E-state index is -0.0808. The number of thiophene rings is 2. The van der Waals surface area contributed by atoms with Gasteiger partial charge in [0, 0.05) is 79.3 Å². The summed E-state index contributed by atoms with van der Waals surface area (Å²) in [5.41, 5.74) is 12.7. The van der Waals surface area contributed by atoms with Crippen LogP contribution in [0, 0.1) is 13.8 Å². The number of fused-ring (bicyclic) bond motifs is 14. The molecule has 0 saturated carbocycles. The number of benzene rings is 11. The average molecular weight is 945 g/mol. The fraction of sp³-hybridized carbons (Fsp3) is 0.0312. The van der Waals surface area contributed by atoms with Gasteiger partial charge in [-0.25, -0.2) is 0 Å².